The molecule has 3 N–H and O–H groups in total. The van der Waals surface area contributed by atoms with Gasteiger partial charge in [-0.05, 0) is 71.5 Å². The number of likely N-dealkylation sites (tertiary alicyclic amines) is 1. The zero-order valence-corrected chi connectivity index (χ0v) is 25.7. The molecule has 4 aromatic carbocycles. The lowest BCUT2D eigenvalue weighted by Crippen LogP contribution is -2.46. The molecule has 4 aromatic rings. The summed E-state index contributed by atoms with van der Waals surface area (Å²) in [6, 6.07) is 33.8. The summed E-state index contributed by atoms with van der Waals surface area (Å²) >= 11 is 0. The molecule has 2 heterocycles. The molecule has 1 amide bonds. The zero-order chi connectivity index (χ0) is 31.2. The van der Waals surface area contributed by atoms with Crippen LogP contribution in [0.25, 0.3) is 11.1 Å². The Kier molecular flexibility index (Phi) is 10.0. The highest BCUT2D eigenvalue weighted by atomic mass is 16.7. The van der Waals surface area contributed by atoms with Crippen molar-refractivity contribution >= 4 is 5.91 Å². The van der Waals surface area contributed by atoms with E-state index < -0.39 is 6.29 Å². The van der Waals surface area contributed by atoms with E-state index in [2.05, 4.69) is 41.4 Å². The maximum absolute atomic E-state index is 12.6. The Bertz CT molecular complexity index is 1560. The van der Waals surface area contributed by atoms with Gasteiger partial charge in [-0.2, -0.15) is 0 Å². The molecule has 2 aliphatic rings. The average molecular weight is 607 g/mol. The lowest BCUT2D eigenvalue weighted by molar-refractivity contribution is -0.276. The van der Waals surface area contributed by atoms with E-state index in [0.29, 0.717) is 12.1 Å². The molecule has 234 valence electrons. The molecule has 7 heteroatoms. The van der Waals surface area contributed by atoms with Crippen LogP contribution < -0.4 is 5.32 Å². The molecule has 45 heavy (non-hydrogen) atoms. The van der Waals surface area contributed by atoms with E-state index in [4.69, 9.17) is 9.47 Å². The second kappa shape index (κ2) is 14.5. The van der Waals surface area contributed by atoms with Gasteiger partial charge in [0.2, 0.25) is 0 Å². The largest absolute Gasteiger partial charge is 0.395 e. The minimum Gasteiger partial charge on any atom is -0.395 e. The summed E-state index contributed by atoms with van der Waals surface area (Å²) in [5, 5.41) is 22.6. The summed E-state index contributed by atoms with van der Waals surface area (Å²) in [7, 11) is 0. The Morgan fingerprint density at radius 2 is 1.60 bits per heavy atom. The normalized spacial score (nSPS) is 23.6. The number of amides is 1. The third-order valence-electron chi connectivity index (χ3n) is 9.16. The minimum absolute atomic E-state index is 0.000611. The van der Waals surface area contributed by atoms with Gasteiger partial charge in [0, 0.05) is 36.2 Å². The van der Waals surface area contributed by atoms with Crippen molar-refractivity contribution in [2.24, 2.45) is 5.92 Å². The number of nitrogens with zero attached hydrogens (tertiary/aromatic N) is 1. The van der Waals surface area contributed by atoms with Gasteiger partial charge >= 0.3 is 0 Å². The molecule has 7 nitrogen and oxygen atoms in total. The number of nitrogens with one attached hydrogen (secondary N) is 1. The first-order valence-electron chi connectivity index (χ1n) is 15.9. The van der Waals surface area contributed by atoms with Crippen molar-refractivity contribution in [1.82, 2.24) is 10.2 Å². The fourth-order valence-electron chi connectivity index (χ4n) is 6.50. The third kappa shape index (κ3) is 7.35. The molecule has 0 spiro atoms. The van der Waals surface area contributed by atoms with Crippen LogP contribution in [0, 0.1) is 5.92 Å². The van der Waals surface area contributed by atoms with Crippen LogP contribution in [0.5, 0.6) is 0 Å². The lowest BCUT2D eigenvalue weighted by atomic mass is 9.89. The Hall–Kier alpha value is -3.85. The first-order valence-corrected chi connectivity index (χ1v) is 15.9. The maximum atomic E-state index is 12.6. The smallest absolute Gasteiger partial charge is 0.251 e. The summed E-state index contributed by atoms with van der Waals surface area (Å²) in [6.07, 6.45) is 1.21. The van der Waals surface area contributed by atoms with Gasteiger partial charge in [0.25, 0.3) is 5.91 Å². The van der Waals surface area contributed by atoms with Crippen molar-refractivity contribution in [2.75, 3.05) is 19.7 Å². The minimum atomic E-state index is -0.572. The number of aliphatic hydroxyl groups is 2. The SMILES string of the molecule is CC1C(CN2CCCC2CO)OC(c2cccc(-c3cccc(CNC(=O)c4ccccc4)c3)c2)OC1c1ccc(CO)cc1. The van der Waals surface area contributed by atoms with E-state index in [1.807, 2.05) is 78.9 Å². The van der Waals surface area contributed by atoms with Crippen molar-refractivity contribution in [3.05, 3.63) is 131 Å². The fraction of sp³-hybridized carbons (Fsp3) is 0.342. The fourth-order valence-corrected chi connectivity index (χ4v) is 6.50. The standard InChI is InChI=1S/C38H42N2O5/c1-26-35(23-40-19-7-14-34(40)25-42)44-38(45-36(26)29-17-15-27(24-41)16-18-29)33-13-6-12-32(21-33)31-11-5-8-28(20-31)22-39-37(43)30-9-3-2-4-10-30/h2-6,8-13,15-18,20-21,26,34-36,38,41-42H,7,14,19,22-25H2,1H3,(H,39,43). The summed E-state index contributed by atoms with van der Waals surface area (Å²) in [5.41, 5.74) is 6.59. The number of benzene rings is 4. The number of rotatable bonds is 10. The molecule has 0 aliphatic carbocycles. The van der Waals surface area contributed by atoms with Crippen LogP contribution in [0.4, 0.5) is 0 Å². The number of hydrogen-bond donors (Lipinski definition) is 3. The van der Waals surface area contributed by atoms with Gasteiger partial charge in [-0.25, -0.2) is 0 Å². The summed E-state index contributed by atoms with van der Waals surface area (Å²) in [4.78, 5) is 14.9. The zero-order valence-electron chi connectivity index (χ0n) is 25.7. The molecular formula is C38H42N2O5. The Morgan fingerprint density at radius 1 is 0.844 bits per heavy atom. The van der Waals surface area contributed by atoms with Gasteiger partial charge in [-0.3, -0.25) is 9.69 Å². The molecule has 2 saturated heterocycles. The predicted molar refractivity (Wildman–Crippen MR) is 174 cm³/mol. The highest BCUT2D eigenvalue weighted by Gasteiger charge is 2.40. The molecule has 5 atom stereocenters. The van der Waals surface area contributed by atoms with E-state index in [1.54, 1.807) is 0 Å². The molecule has 0 radical (unpaired) electrons. The summed E-state index contributed by atoms with van der Waals surface area (Å²) in [6.45, 7) is 4.45. The molecule has 6 rings (SSSR count). The number of hydrogen-bond acceptors (Lipinski definition) is 6. The van der Waals surface area contributed by atoms with E-state index in [1.165, 1.54) is 0 Å². The Morgan fingerprint density at radius 3 is 2.36 bits per heavy atom. The first-order chi connectivity index (χ1) is 22.0. The molecular weight excluding hydrogens is 564 g/mol. The van der Waals surface area contributed by atoms with E-state index in [0.717, 1.165) is 59.3 Å². The van der Waals surface area contributed by atoms with Crippen LogP contribution in [0.3, 0.4) is 0 Å². The van der Waals surface area contributed by atoms with Crippen molar-refractivity contribution in [2.45, 2.75) is 57.5 Å². The van der Waals surface area contributed by atoms with Crippen LogP contribution in [0.15, 0.2) is 103 Å². The van der Waals surface area contributed by atoms with Crippen LogP contribution >= 0.6 is 0 Å². The van der Waals surface area contributed by atoms with Gasteiger partial charge in [0.15, 0.2) is 6.29 Å². The third-order valence-corrected chi connectivity index (χ3v) is 9.16. The summed E-state index contributed by atoms with van der Waals surface area (Å²) < 4.78 is 13.4. The molecule has 0 bridgehead atoms. The van der Waals surface area contributed by atoms with Crippen molar-refractivity contribution in [3.8, 4) is 11.1 Å². The average Bonchev–Trinajstić information content (AvgIpc) is 3.56. The molecule has 2 aliphatic heterocycles. The van der Waals surface area contributed by atoms with Crippen molar-refractivity contribution in [3.63, 3.8) is 0 Å². The van der Waals surface area contributed by atoms with Gasteiger partial charge in [0.1, 0.15) is 0 Å². The van der Waals surface area contributed by atoms with Crippen molar-refractivity contribution < 1.29 is 24.5 Å². The Labute approximate surface area is 265 Å². The van der Waals surface area contributed by atoms with Crippen LogP contribution in [0.2, 0.25) is 0 Å². The van der Waals surface area contributed by atoms with E-state index in [9.17, 15) is 15.0 Å². The number of ether oxygens (including phenoxy) is 2. The van der Waals surface area contributed by atoms with Crippen LogP contribution in [-0.4, -0.2) is 52.9 Å². The van der Waals surface area contributed by atoms with Gasteiger partial charge in [-0.15, -0.1) is 0 Å². The highest BCUT2D eigenvalue weighted by Crippen LogP contribution is 2.43. The van der Waals surface area contributed by atoms with E-state index >= 15 is 0 Å². The monoisotopic (exact) mass is 606 g/mol. The topological polar surface area (TPSA) is 91.3 Å². The Balaban J connectivity index is 1.23. The second-order valence-electron chi connectivity index (χ2n) is 12.2. The van der Waals surface area contributed by atoms with E-state index in [-0.39, 0.29) is 43.3 Å². The molecule has 2 fully saturated rings. The van der Waals surface area contributed by atoms with Gasteiger partial charge in [0.05, 0.1) is 25.4 Å². The number of carbonyl (C=O) groups excluding carboxylic acids is 1. The lowest BCUT2D eigenvalue weighted by Gasteiger charge is -2.43. The molecule has 5 unspecified atom stereocenters. The first kappa shape index (κ1) is 31.1. The number of carbonyl (C=O) groups is 1. The predicted octanol–water partition coefficient (Wildman–Crippen LogP) is 6.02. The quantitative estimate of drug-likeness (QED) is 0.204. The maximum Gasteiger partial charge on any atom is 0.251 e. The molecule has 0 aromatic heterocycles. The number of aliphatic hydroxyl groups excluding tert-OH is 2. The van der Waals surface area contributed by atoms with Crippen LogP contribution in [0.1, 0.15) is 64.8 Å². The van der Waals surface area contributed by atoms with Gasteiger partial charge < -0.3 is 25.0 Å². The second-order valence-corrected chi connectivity index (χ2v) is 12.2. The summed E-state index contributed by atoms with van der Waals surface area (Å²) in [5.74, 6) is -0.0229. The highest BCUT2D eigenvalue weighted by molar-refractivity contribution is 5.94. The van der Waals surface area contributed by atoms with Gasteiger partial charge in [-0.1, -0.05) is 85.8 Å². The molecule has 0 saturated carbocycles. The van der Waals surface area contributed by atoms with Crippen LogP contribution in [-0.2, 0) is 22.6 Å². The van der Waals surface area contributed by atoms with Crippen molar-refractivity contribution in [1.29, 1.82) is 0 Å².